The van der Waals surface area contributed by atoms with Gasteiger partial charge in [-0.15, -0.1) is 0 Å². The number of hydrogen-bond acceptors (Lipinski definition) is 4. The van der Waals surface area contributed by atoms with E-state index in [2.05, 4.69) is 4.98 Å². The number of nitro groups is 1. The summed E-state index contributed by atoms with van der Waals surface area (Å²) in [7, 11) is 0. The SMILES string of the molecule is CC(C)(C)OC(=O)c1c(C(F)(F)F)[nH]c2ccc([N+](=O)[O-])cc12. The number of alkyl halides is 3. The molecule has 0 saturated carbocycles. The predicted octanol–water partition coefficient (Wildman–Crippen LogP) is 4.05. The van der Waals surface area contributed by atoms with Gasteiger partial charge in [-0.25, -0.2) is 4.79 Å². The molecule has 9 heteroatoms. The maximum atomic E-state index is 13.2. The number of nitro benzene ring substituents is 1. The van der Waals surface area contributed by atoms with Gasteiger partial charge < -0.3 is 9.72 Å². The minimum atomic E-state index is -4.83. The molecule has 0 unspecified atom stereocenters. The van der Waals surface area contributed by atoms with Crippen LogP contribution in [-0.2, 0) is 10.9 Å². The molecule has 0 aliphatic heterocycles. The summed E-state index contributed by atoms with van der Waals surface area (Å²) in [6.45, 7) is 4.53. The first kappa shape index (κ1) is 16.8. The van der Waals surface area contributed by atoms with Crippen molar-refractivity contribution in [1.82, 2.24) is 4.98 Å². The van der Waals surface area contributed by atoms with Crippen LogP contribution in [0.2, 0.25) is 0 Å². The molecule has 0 bridgehead atoms. The molecule has 1 aromatic heterocycles. The van der Waals surface area contributed by atoms with Gasteiger partial charge in [0, 0.05) is 23.0 Å². The van der Waals surface area contributed by atoms with Crippen LogP contribution in [0.4, 0.5) is 18.9 Å². The van der Waals surface area contributed by atoms with Crippen molar-refractivity contribution in [1.29, 1.82) is 0 Å². The van der Waals surface area contributed by atoms with Crippen molar-refractivity contribution >= 4 is 22.6 Å². The Hall–Kier alpha value is -2.58. The molecular weight excluding hydrogens is 317 g/mol. The second kappa shape index (κ2) is 5.25. The van der Waals surface area contributed by atoms with Crippen LogP contribution in [-0.4, -0.2) is 21.5 Å². The number of H-pyrrole nitrogens is 1. The average Bonchev–Trinajstić information content (AvgIpc) is 2.74. The van der Waals surface area contributed by atoms with Crippen LogP contribution in [0.1, 0.15) is 36.8 Å². The molecule has 0 saturated heterocycles. The molecule has 2 aromatic rings. The van der Waals surface area contributed by atoms with E-state index in [1.165, 1.54) is 20.8 Å². The summed E-state index contributed by atoms with van der Waals surface area (Å²) in [6, 6.07) is 3.09. The van der Waals surface area contributed by atoms with Gasteiger partial charge in [-0.3, -0.25) is 10.1 Å². The first-order valence-corrected chi connectivity index (χ1v) is 6.51. The molecule has 1 heterocycles. The molecular formula is C14H13F3N2O4. The molecule has 2 rings (SSSR count). The van der Waals surface area contributed by atoms with Gasteiger partial charge in [0.25, 0.3) is 5.69 Å². The molecule has 1 aromatic carbocycles. The summed E-state index contributed by atoms with van der Waals surface area (Å²) in [5, 5.41) is 10.6. The molecule has 124 valence electrons. The average molecular weight is 330 g/mol. The van der Waals surface area contributed by atoms with Crippen molar-refractivity contribution in [3.63, 3.8) is 0 Å². The molecule has 0 aliphatic rings. The zero-order chi connectivity index (χ0) is 17.6. The highest BCUT2D eigenvalue weighted by Crippen LogP contribution is 2.37. The third-order valence-electron chi connectivity index (χ3n) is 2.88. The highest BCUT2D eigenvalue weighted by Gasteiger charge is 2.40. The van der Waals surface area contributed by atoms with Gasteiger partial charge in [0.2, 0.25) is 0 Å². The Bertz CT molecular complexity index is 788. The Morgan fingerprint density at radius 2 is 1.87 bits per heavy atom. The number of hydrogen-bond donors (Lipinski definition) is 1. The number of aromatic amines is 1. The molecule has 6 nitrogen and oxygen atoms in total. The van der Waals surface area contributed by atoms with Crippen LogP contribution in [0, 0.1) is 10.1 Å². The number of esters is 1. The van der Waals surface area contributed by atoms with Gasteiger partial charge in [0.1, 0.15) is 11.3 Å². The Kier molecular flexibility index (Phi) is 3.83. The fraction of sp³-hybridized carbons (Fsp3) is 0.357. The van der Waals surface area contributed by atoms with Crippen LogP contribution < -0.4 is 0 Å². The van der Waals surface area contributed by atoms with Crippen molar-refractivity contribution in [2.24, 2.45) is 0 Å². The quantitative estimate of drug-likeness (QED) is 0.511. The number of ether oxygens (including phenoxy) is 1. The Labute approximate surface area is 128 Å². The summed E-state index contributed by atoms with van der Waals surface area (Å²) in [5.74, 6) is -1.20. The van der Waals surface area contributed by atoms with Crippen molar-refractivity contribution in [2.75, 3.05) is 0 Å². The molecule has 0 fully saturated rings. The monoisotopic (exact) mass is 330 g/mol. The fourth-order valence-electron chi connectivity index (χ4n) is 2.05. The van der Waals surface area contributed by atoms with Gasteiger partial charge in [-0.1, -0.05) is 0 Å². The third kappa shape index (κ3) is 3.43. The first-order chi connectivity index (χ1) is 10.4. The van der Waals surface area contributed by atoms with Gasteiger partial charge >= 0.3 is 12.1 Å². The second-order valence-corrected chi connectivity index (χ2v) is 5.86. The van der Waals surface area contributed by atoms with Crippen LogP contribution in [0.25, 0.3) is 10.9 Å². The minimum absolute atomic E-state index is 0.0382. The smallest absolute Gasteiger partial charge is 0.432 e. The molecule has 0 spiro atoms. The first-order valence-electron chi connectivity index (χ1n) is 6.51. The molecule has 0 radical (unpaired) electrons. The fourth-order valence-corrected chi connectivity index (χ4v) is 2.05. The molecule has 0 amide bonds. The zero-order valence-electron chi connectivity index (χ0n) is 12.4. The topological polar surface area (TPSA) is 85.2 Å². The number of non-ortho nitro benzene ring substituents is 1. The molecule has 0 aliphatic carbocycles. The number of halogens is 3. The standard InChI is InChI=1S/C14H13F3N2O4/c1-13(2,3)23-12(20)10-8-6-7(19(21)22)4-5-9(8)18-11(10)14(15,16)17/h4-6,18H,1-3H3. The van der Waals surface area contributed by atoms with Crippen LogP contribution in [0.5, 0.6) is 0 Å². The Morgan fingerprint density at radius 3 is 2.35 bits per heavy atom. The van der Waals surface area contributed by atoms with Gasteiger partial charge in [0.15, 0.2) is 0 Å². The Morgan fingerprint density at radius 1 is 1.26 bits per heavy atom. The van der Waals surface area contributed by atoms with Crippen molar-refractivity contribution in [3.8, 4) is 0 Å². The second-order valence-electron chi connectivity index (χ2n) is 5.86. The maximum Gasteiger partial charge on any atom is 0.432 e. The van der Waals surface area contributed by atoms with Gasteiger partial charge in [-0.2, -0.15) is 13.2 Å². The van der Waals surface area contributed by atoms with Crippen LogP contribution in [0.15, 0.2) is 18.2 Å². The lowest BCUT2D eigenvalue weighted by atomic mass is 10.1. The normalized spacial score (nSPS) is 12.4. The lowest BCUT2D eigenvalue weighted by molar-refractivity contribution is -0.384. The summed E-state index contributed by atoms with van der Waals surface area (Å²) in [6.07, 6.45) is -4.83. The highest BCUT2D eigenvalue weighted by atomic mass is 19.4. The van der Waals surface area contributed by atoms with Crippen molar-refractivity contribution in [2.45, 2.75) is 32.5 Å². The van der Waals surface area contributed by atoms with Gasteiger partial charge in [0.05, 0.1) is 10.5 Å². The minimum Gasteiger partial charge on any atom is -0.456 e. The zero-order valence-corrected chi connectivity index (χ0v) is 12.4. The van der Waals surface area contributed by atoms with Crippen LogP contribution in [0.3, 0.4) is 0 Å². The summed E-state index contributed by atoms with van der Waals surface area (Å²) >= 11 is 0. The number of rotatable bonds is 2. The van der Waals surface area contributed by atoms with E-state index in [9.17, 15) is 28.1 Å². The largest absolute Gasteiger partial charge is 0.456 e. The van der Waals surface area contributed by atoms with Crippen molar-refractivity contribution < 1.29 is 27.6 Å². The highest BCUT2D eigenvalue weighted by molar-refractivity contribution is 6.06. The van der Waals surface area contributed by atoms with Crippen molar-refractivity contribution in [3.05, 3.63) is 39.6 Å². The molecule has 0 atom stereocenters. The predicted molar refractivity (Wildman–Crippen MR) is 75.1 cm³/mol. The van der Waals surface area contributed by atoms with E-state index in [-0.39, 0.29) is 10.9 Å². The maximum absolute atomic E-state index is 13.2. The van der Waals surface area contributed by atoms with E-state index in [0.717, 1.165) is 18.2 Å². The van der Waals surface area contributed by atoms with E-state index in [0.29, 0.717) is 0 Å². The summed E-state index contributed by atoms with van der Waals surface area (Å²) in [5.41, 5.74) is -3.52. The molecule has 1 N–H and O–H groups in total. The number of nitrogens with one attached hydrogen (secondary N) is 1. The number of carbonyl (C=O) groups is 1. The Balaban J connectivity index is 2.73. The number of aromatic nitrogens is 1. The summed E-state index contributed by atoms with van der Waals surface area (Å²) in [4.78, 5) is 24.3. The molecule has 23 heavy (non-hydrogen) atoms. The lowest BCUT2D eigenvalue weighted by Gasteiger charge is -2.20. The van der Waals surface area contributed by atoms with E-state index in [1.54, 1.807) is 0 Å². The van der Waals surface area contributed by atoms with E-state index < -0.39 is 39.6 Å². The third-order valence-corrected chi connectivity index (χ3v) is 2.88. The number of carbonyl (C=O) groups excluding carboxylic acids is 1. The number of benzene rings is 1. The van der Waals surface area contributed by atoms with Gasteiger partial charge in [-0.05, 0) is 26.8 Å². The lowest BCUT2D eigenvalue weighted by Crippen LogP contribution is -2.25. The number of fused-ring (bicyclic) bond motifs is 1. The van der Waals surface area contributed by atoms with Crippen LogP contribution >= 0.6 is 0 Å². The van der Waals surface area contributed by atoms with E-state index >= 15 is 0 Å². The van der Waals surface area contributed by atoms with E-state index in [4.69, 9.17) is 4.74 Å². The number of nitrogens with zero attached hydrogens (tertiary/aromatic N) is 1. The summed E-state index contributed by atoms with van der Waals surface area (Å²) < 4.78 is 44.5. The van der Waals surface area contributed by atoms with E-state index in [1.807, 2.05) is 0 Å².